The molecule has 0 aliphatic rings. The highest BCUT2D eigenvalue weighted by Crippen LogP contribution is 2.31. The van der Waals surface area contributed by atoms with Gasteiger partial charge in [-0.05, 0) is 36.8 Å². The third kappa shape index (κ3) is 2.38. The Morgan fingerprint density at radius 2 is 1.89 bits per heavy atom. The molecule has 2 aromatic rings. The van der Waals surface area contributed by atoms with Crippen molar-refractivity contribution < 1.29 is 8.78 Å². The number of rotatable bonds is 2. The van der Waals surface area contributed by atoms with Crippen molar-refractivity contribution in [2.75, 3.05) is 11.1 Å². The third-order valence-corrected chi connectivity index (χ3v) is 2.87. The van der Waals surface area contributed by atoms with E-state index in [1.807, 2.05) is 0 Å². The van der Waals surface area contributed by atoms with Gasteiger partial charge in [0.1, 0.15) is 11.6 Å². The van der Waals surface area contributed by atoms with Gasteiger partial charge >= 0.3 is 0 Å². The lowest BCUT2D eigenvalue weighted by Gasteiger charge is -2.12. The molecule has 18 heavy (non-hydrogen) atoms. The number of para-hydroxylation sites is 1. The molecular formula is C13H11ClF2N2. The van der Waals surface area contributed by atoms with Gasteiger partial charge in [0.15, 0.2) is 0 Å². The molecule has 2 nitrogen and oxygen atoms in total. The van der Waals surface area contributed by atoms with Crippen LogP contribution >= 0.6 is 11.6 Å². The lowest BCUT2D eigenvalue weighted by molar-refractivity contribution is 0.619. The van der Waals surface area contributed by atoms with Crippen LogP contribution in [0, 0.1) is 18.6 Å². The van der Waals surface area contributed by atoms with E-state index < -0.39 is 11.6 Å². The molecule has 0 radical (unpaired) electrons. The lowest BCUT2D eigenvalue weighted by atomic mass is 10.1. The van der Waals surface area contributed by atoms with E-state index in [-0.39, 0.29) is 16.4 Å². The number of nitrogen functional groups attached to an aromatic ring is 1. The third-order valence-electron chi connectivity index (χ3n) is 2.55. The first kappa shape index (κ1) is 12.6. The van der Waals surface area contributed by atoms with E-state index in [2.05, 4.69) is 5.32 Å². The van der Waals surface area contributed by atoms with Crippen molar-refractivity contribution in [1.82, 2.24) is 0 Å². The molecule has 0 atom stereocenters. The quantitative estimate of drug-likeness (QED) is 0.799. The Morgan fingerprint density at radius 1 is 1.17 bits per heavy atom. The lowest BCUT2D eigenvalue weighted by Crippen LogP contribution is -2.00. The number of benzene rings is 2. The van der Waals surface area contributed by atoms with Gasteiger partial charge in [0, 0.05) is 0 Å². The van der Waals surface area contributed by atoms with Crippen LogP contribution < -0.4 is 11.1 Å². The average Bonchev–Trinajstić information content (AvgIpc) is 2.30. The van der Waals surface area contributed by atoms with Crippen LogP contribution in [0.25, 0.3) is 0 Å². The Hall–Kier alpha value is -1.81. The van der Waals surface area contributed by atoms with E-state index in [4.69, 9.17) is 17.3 Å². The maximum atomic E-state index is 13.6. The van der Waals surface area contributed by atoms with Crippen LogP contribution in [0.15, 0.2) is 30.3 Å². The van der Waals surface area contributed by atoms with Gasteiger partial charge in [-0.1, -0.05) is 17.7 Å². The summed E-state index contributed by atoms with van der Waals surface area (Å²) >= 11 is 5.89. The van der Waals surface area contributed by atoms with Crippen molar-refractivity contribution in [2.24, 2.45) is 0 Å². The van der Waals surface area contributed by atoms with Crippen LogP contribution in [-0.2, 0) is 0 Å². The summed E-state index contributed by atoms with van der Waals surface area (Å²) in [5.74, 6) is -0.901. The second-order valence-corrected chi connectivity index (χ2v) is 4.32. The van der Waals surface area contributed by atoms with E-state index >= 15 is 0 Å². The average molecular weight is 269 g/mol. The molecular weight excluding hydrogens is 258 g/mol. The van der Waals surface area contributed by atoms with Crippen LogP contribution in [0.5, 0.6) is 0 Å². The van der Waals surface area contributed by atoms with Crippen molar-refractivity contribution in [1.29, 1.82) is 0 Å². The fourth-order valence-corrected chi connectivity index (χ4v) is 1.77. The number of nitrogens with one attached hydrogen (secondary N) is 1. The normalized spacial score (nSPS) is 10.4. The number of aryl methyl sites for hydroxylation is 1. The maximum Gasteiger partial charge on any atom is 0.148 e. The SMILES string of the molecule is Cc1cc(Nc2c(F)cccc2Cl)c(N)cc1F. The number of hydrogen-bond acceptors (Lipinski definition) is 2. The number of anilines is 3. The minimum atomic E-state index is -0.496. The highest BCUT2D eigenvalue weighted by atomic mass is 35.5. The van der Waals surface area contributed by atoms with Gasteiger partial charge in [0.05, 0.1) is 22.1 Å². The molecule has 0 aromatic heterocycles. The molecule has 0 unspecified atom stereocenters. The molecule has 0 saturated carbocycles. The summed E-state index contributed by atoms with van der Waals surface area (Å²) in [6.45, 7) is 1.60. The summed E-state index contributed by atoms with van der Waals surface area (Å²) in [5.41, 5.74) is 6.82. The molecule has 0 saturated heterocycles. The standard InChI is InChI=1S/C13H11ClF2N2/c1-7-5-12(11(17)6-10(7)16)18-13-8(14)3-2-4-9(13)15/h2-6,18H,17H2,1H3. The number of hydrogen-bond donors (Lipinski definition) is 2. The molecule has 2 rings (SSSR count). The molecule has 94 valence electrons. The van der Waals surface area contributed by atoms with Crippen molar-refractivity contribution >= 4 is 28.7 Å². The predicted octanol–water partition coefficient (Wildman–Crippen LogP) is 4.25. The monoisotopic (exact) mass is 268 g/mol. The fourth-order valence-electron chi connectivity index (χ4n) is 1.56. The van der Waals surface area contributed by atoms with E-state index in [0.29, 0.717) is 11.3 Å². The molecule has 0 aliphatic heterocycles. The van der Waals surface area contributed by atoms with Crippen LogP contribution in [0.1, 0.15) is 5.56 Å². The maximum absolute atomic E-state index is 13.6. The minimum Gasteiger partial charge on any atom is -0.397 e. The van der Waals surface area contributed by atoms with Crippen LogP contribution in [0.3, 0.4) is 0 Å². The van der Waals surface area contributed by atoms with Crippen molar-refractivity contribution in [3.63, 3.8) is 0 Å². The van der Waals surface area contributed by atoms with Gasteiger partial charge in [0.2, 0.25) is 0 Å². The molecule has 0 aliphatic carbocycles. The largest absolute Gasteiger partial charge is 0.397 e. The molecule has 0 fully saturated rings. The Bertz CT molecular complexity index is 580. The second kappa shape index (κ2) is 4.82. The smallest absolute Gasteiger partial charge is 0.148 e. The molecule has 2 aromatic carbocycles. The van der Waals surface area contributed by atoms with E-state index in [9.17, 15) is 8.78 Å². The molecule has 3 N–H and O–H groups in total. The van der Waals surface area contributed by atoms with Gasteiger partial charge in [-0.25, -0.2) is 8.78 Å². The van der Waals surface area contributed by atoms with Gasteiger partial charge in [0.25, 0.3) is 0 Å². The second-order valence-electron chi connectivity index (χ2n) is 3.91. The Labute approximate surface area is 108 Å². The summed E-state index contributed by atoms with van der Waals surface area (Å²) < 4.78 is 26.8. The first-order valence-corrected chi connectivity index (χ1v) is 5.63. The predicted molar refractivity (Wildman–Crippen MR) is 70.2 cm³/mol. The molecule has 0 spiro atoms. The number of halogens is 3. The molecule has 5 heteroatoms. The summed E-state index contributed by atoms with van der Waals surface area (Å²) in [5, 5.41) is 3.01. The minimum absolute atomic E-state index is 0.122. The molecule has 0 heterocycles. The summed E-state index contributed by atoms with van der Waals surface area (Å²) in [7, 11) is 0. The first-order chi connectivity index (χ1) is 8.49. The Morgan fingerprint density at radius 3 is 2.56 bits per heavy atom. The van der Waals surface area contributed by atoms with Gasteiger partial charge in [-0.3, -0.25) is 0 Å². The summed E-state index contributed by atoms with van der Waals surface area (Å²) in [4.78, 5) is 0. The topological polar surface area (TPSA) is 38.0 Å². The van der Waals surface area contributed by atoms with E-state index in [1.165, 1.54) is 24.3 Å². The summed E-state index contributed by atoms with van der Waals surface area (Å²) in [6, 6.07) is 7.03. The van der Waals surface area contributed by atoms with E-state index in [1.54, 1.807) is 13.0 Å². The Kier molecular flexibility index (Phi) is 3.39. The van der Waals surface area contributed by atoms with Gasteiger partial charge in [-0.2, -0.15) is 0 Å². The van der Waals surface area contributed by atoms with Gasteiger partial charge < -0.3 is 11.1 Å². The van der Waals surface area contributed by atoms with Crippen LogP contribution in [-0.4, -0.2) is 0 Å². The van der Waals surface area contributed by atoms with Gasteiger partial charge in [-0.15, -0.1) is 0 Å². The first-order valence-electron chi connectivity index (χ1n) is 5.25. The zero-order valence-electron chi connectivity index (χ0n) is 9.60. The van der Waals surface area contributed by atoms with E-state index in [0.717, 1.165) is 0 Å². The number of nitrogens with two attached hydrogens (primary N) is 1. The van der Waals surface area contributed by atoms with Crippen LogP contribution in [0.4, 0.5) is 25.8 Å². The molecule has 0 amide bonds. The zero-order chi connectivity index (χ0) is 13.3. The molecule has 0 bridgehead atoms. The van der Waals surface area contributed by atoms with Crippen molar-refractivity contribution in [3.05, 3.63) is 52.6 Å². The highest BCUT2D eigenvalue weighted by Gasteiger charge is 2.10. The summed E-state index contributed by atoms with van der Waals surface area (Å²) in [6.07, 6.45) is 0. The van der Waals surface area contributed by atoms with Crippen molar-refractivity contribution in [3.8, 4) is 0 Å². The fraction of sp³-hybridized carbons (Fsp3) is 0.0769. The van der Waals surface area contributed by atoms with Crippen molar-refractivity contribution in [2.45, 2.75) is 6.92 Å². The zero-order valence-corrected chi connectivity index (χ0v) is 10.4. The Balaban J connectivity index is 2.43. The highest BCUT2D eigenvalue weighted by molar-refractivity contribution is 6.33. The van der Waals surface area contributed by atoms with Crippen LogP contribution in [0.2, 0.25) is 5.02 Å².